The fourth-order valence-corrected chi connectivity index (χ4v) is 3.31. The van der Waals surface area contributed by atoms with Crippen LogP contribution in [-0.4, -0.2) is 28.5 Å². The van der Waals surface area contributed by atoms with Gasteiger partial charge in [0.25, 0.3) is 5.56 Å². The number of carbonyl (C=O) groups excluding carboxylic acids is 2. The molecule has 0 fully saturated rings. The van der Waals surface area contributed by atoms with Crippen LogP contribution in [0.2, 0.25) is 0 Å². The van der Waals surface area contributed by atoms with Crippen LogP contribution in [0.5, 0.6) is 5.75 Å². The standard InChI is InChI=1S/C24H20N4O4/c1-15(29)16-6-5-7-17(12-16)26-24(31)27-18-10-11-20-19(13-18)23(30)28(14-25-20)21-8-3-4-9-22(21)32-2/h3-14H,1-2H3,(H2,26,27,31). The van der Waals surface area contributed by atoms with Gasteiger partial charge in [-0.2, -0.15) is 0 Å². The molecule has 0 atom stereocenters. The Morgan fingerprint density at radius 2 is 1.69 bits per heavy atom. The van der Waals surface area contributed by atoms with E-state index in [1.807, 2.05) is 6.07 Å². The molecule has 1 aromatic heterocycles. The molecule has 8 heteroatoms. The van der Waals surface area contributed by atoms with Crippen LogP contribution in [0.25, 0.3) is 16.6 Å². The van der Waals surface area contributed by atoms with Crippen molar-refractivity contribution in [3.63, 3.8) is 0 Å². The first kappa shape index (κ1) is 20.8. The Morgan fingerprint density at radius 1 is 0.938 bits per heavy atom. The summed E-state index contributed by atoms with van der Waals surface area (Å²) in [7, 11) is 1.53. The van der Waals surface area contributed by atoms with E-state index >= 15 is 0 Å². The summed E-state index contributed by atoms with van der Waals surface area (Å²) in [5.41, 5.74) is 2.18. The number of ether oxygens (including phenoxy) is 1. The zero-order chi connectivity index (χ0) is 22.7. The predicted octanol–water partition coefficient (Wildman–Crippen LogP) is 4.24. The molecule has 8 nitrogen and oxygen atoms in total. The third-order valence-corrected chi connectivity index (χ3v) is 4.89. The Bertz CT molecular complexity index is 1390. The van der Waals surface area contributed by atoms with Crippen molar-refractivity contribution in [2.75, 3.05) is 17.7 Å². The van der Waals surface area contributed by atoms with Crippen molar-refractivity contribution in [3.8, 4) is 11.4 Å². The number of hydrogen-bond acceptors (Lipinski definition) is 5. The molecule has 0 aliphatic carbocycles. The number of hydrogen-bond donors (Lipinski definition) is 2. The maximum absolute atomic E-state index is 13.1. The summed E-state index contributed by atoms with van der Waals surface area (Å²) in [4.78, 5) is 41.5. The maximum Gasteiger partial charge on any atom is 0.323 e. The van der Waals surface area contributed by atoms with E-state index in [2.05, 4.69) is 15.6 Å². The number of Topliss-reactive ketones (excluding diaryl/α,β-unsaturated/α-hetero) is 1. The van der Waals surface area contributed by atoms with Crippen LogP contribution in [-0.2, 0) is 0 Å². The Morgan fingerprint density at radius 3 is 2.44 bits per heavy atom. The lowest BCUT2D eigenvalue weighted by molar-refractivity contribution is 0.101. The van der Waals surface area contributed by atoms with Crippen molar-refractivity contribution in [2.45, 2.75) is 6.92 Å². The van der Waals surface area contributed by atoms with Gasteiger partial charge in [0.2, 0.25) is 0 Å². The molecule has 0 saturated carbocycles. The molecule has 3 aromatic carbocycles. The van der Waals surface area contributed by atoms with Crippen molar-refractivity contribution in [2.24, 2.45) is 0 Å². The smallest absolute Gasteiger partial charge is 0.323 e. The van der Waals surface area contributed by atoms with Crippen molar-refractivity contribution < 1.29 is 14.3 Å². The van der Waals surface area contributed by atoms with E-state index in [1.54, 1.807) is 60.7 Å². The monoisotopic (exact) mass is 428 g/mol. The molecule has 0 saturated heterocycles. The highest BCUT2D eigenvalue weighted by Crippen LogP contribution is 2.22. The molecular weight excluding hydrogens is 408 g/mol. The van der Waals surface area contributed by atoms with Gasteiger partial charge in [0.1, 0.15) is 12.1 Å². The minimum atomic E-state index is -0.501. The number of ketones is 1. The maximum atomic E-state index is 13.1. The Labute approximate surface area is 183 Å². The van der Waals surface area contributed by atoms with Gasteiger partial charge in [-0.1, -0.05) is 24.3 Å². The molecule has 0 spiro atoms. The molecule has 2 N–H and O–H groups in total. The molecule has 0 radical (unpaired) electrons. The van der Waals surface area contributed by atoms with Gasteiger partial charge in [0.15, 0.2) is 5.78 Å². The molecule has 4 rings (SSSR count). The van der Waals surface area contributed by atoms with Crippen LogP contribution in [0.1, 0.15) is 17.3 Å². The first-order valence-electron chi connectivity index (χ1n) is 9.80. The highest BCUT2D eigenvalue weighted by atomic mass is 16.5. The molecular formula is C24H20N4O4. The minimum Gasteiger partial charge on any atom is -0.495 e. The Kier molecular flexibility index (Phi) is 5.67. The van der Waals surface area contributed by atoms with Gasteiger partial charge in [-0.15, -0.1) is 0 Å². The van der Waals surface area contributed by atoms with Crippen LogP contribution in [0.15, 0.2) is 77.9 Å². The second-order valence-electron chi connectivity index (χ2n) is 7.04. The van der Waals surface area contributed by atoms with Gasteiger partial charge in [-0.3, -0.25) is 14.2 Å². The fraction of sp³-hybridized carbons (Fsp3) is 0.0833. The van der Waals surface area contributed by atoms with Crippen molar-refractivity contribution in [1.29, 1.82) is 0 Å². The van der Waals surface area contributed by atoms with E-state index in [4.69, 9.17) is 4.74 Å². The van der Waals surface area contributed by atoms with Crippen LogP contribution in [0.4, 0.5) is 16.2 Å². The highest BCUT2D eigenvalue weighted by Gasteiger charge is 2.11. The van der Waals surface area contributed by atoms with E-state index in [9.17, 15) is 14.4 Å². The van der Waals surface area contributed by atoms with E-state index in [1.165, 1.54) is 24.9 Å². The van der Waals surface area contributed by atoms with Crippen LogP contribution in [0.3, 0.4) is 0 Å². The number of urea groups is 1. The first-order valence-corrected chi connectivity index (χ1v) is 9.80. The number of methoxy groups -OCH3 is 1. The van der Waals surface area contributed by atoms with Gasteiger partial charge >= 0.3 is 6.03 Å². The number of rotatable bonds is 5. The fourth-order valence-electron chi connectivity index (χ4n) is 3.31. The molecule has 4 aromatic rings. The SMILES string of the molecule is COc1ccccc1-n1cnc2ccc(NC(=O)Nc3cccc(C(C)=O)c3)cc2c1=O. The van der Waals surface area contributed by atoms with E-state index in [-0.39, 0.29) is 11.3 Å². The van der Waals surface area contributed by atoms with Gasteiger partial charge in [-0.05, 0) is 49.4 Å². The Hall–Kier alpha value is -4.46. The highest BCUT2D eigenvalue weighted by molar-refractivity contribution is 6.02. The lowest BCUT2D eigenvalue weighted by Crippen LogP contribution is -2.21. The van der Waals surface area contributed by atoms with Crippen LogP contribution < -0.4 is 20.9 Å². The average molecular weight is 428 g/mol. The summed E-state index contributed by atoms with van der Waals surface area (Å²) < 4.78 is 6.75. The summed E-state index contributed by atoms with van der Waals surface area (Å²) in [6, 6.07) is 18.2. The molecule has 2 amide bonds. The number of benzene rings is 3. The number of fused-ring (bicyclic) bond motifs is 1. The summed E-state index contributed by atoms with van der Waals surface area (Å²) in [5, 5.41) is 5.73. The zero-order valence-corrected chi connectivity index (χ0v) is 17.5. The number of para-hydroxylation sites is 2. The summed E-state index contributed by atoms with van der Waals surface area (Å²) >= 11 is 0. The minimum absolute atomic E-state index is 0.0950. The first-order chi connectivity index (χ1) is 15.5. The molecule has 0 unspecified atom stereocenters. The predicted molar refractivity (Wildman–Crippen MR) is 123 cm³/mol. The van der Waals surface area contributed by atoms with E-state index in [0.29, 0.717) is 39.3 Å². The van der Waals surface area contributed by atoms with E-state index < -0.39 is 6.03 Å². The normalized spacial score (nSPS) is 10.6. The summed E-state index contributed by atoms with van der Waals surface area (Å²) in [5.74, 6) is 0.444. The quantitative estimate of drug-likeness (QED) is 0.463. The molecule has 32 heavy (non-hydrogen) atoms. The van der Waals surface area contributed by atoms with Crippen molar-refractivity contribution in [1.82, 2.24) is 9.55 Å². The summed E-state index contributed by atoms with van der Waals surface area (Å²) in [6.07, 6.45) is 1.45. The Balaban J connectivity index is 1.62. The molecule has 1 heterocycles. The number of nitrogens with one attached hydrogen (secondary N) is 2. The number of nitrogens with zero attached hydrogens (tertiary/aromatic N) is 2. The third-order valence-electron chi connectivity index (χ3n) is 4.89. The van der Waals surface area contributed by atoms with Gasteiger partial charge in [0.05, 0.1) is 23.7 Å². The second kappa shape index (κ2) is 8.73. The van der Waals surface area contributed by atoms with Crippen molar-refractivity contribution >= 4 is 34.1 Å². The lowest BCUT2D eigenvalue weighted by atomic mass is 10.1. The largest absolute Gasteiger partial charge is 0.495 e. The third kappa shape index (κ3) is 4.20. The average Bonchev–Trinajstić information content (AvgIpc) is 2.80. The number of anilines is 2. The lowest BCUT2D eigenvalue weighted by Gasteiger charge is -2.12. The topological polar surface area (TPSA) is 102 Å². The van der Waals surface area contributed by atoms with Gasteiger partial charge in [-0.25, -0.2) is 9.78 Å². The zero-order valence-electron chi connectivity index (χ0n) is 17.5. The number of amides is 2. The molecule has 0 bridgehead atoms. The number of aromatic nitrogens is 2. The molecule has 0 aliphatic heterocycles. The van der Waals surface area contributed by atoms with E-state index in [0.717, 1.165) is 0 Å². The number of carbonyl (C=O) groups is 2. The van der Waals surface area contributed by atoms with Crippen molar-refractivity contribution in [3.05, 3.63) is 89.0 Å². The second-order valence-corrected chi connectivity index (χ2v) is 7.04. The molecule has 0 aliphatic rings. The van der Waals surface area contributed by atoms with Crippen LogP contribution >= 0.6 is 0 Å². The molecule has 160 valence electrons. The van der Waals surface area contributed by atoms with Gasteiger partial charge < -0.3 is 15.4 Å². The van der Waals surface area contributed by atoms with Crippen LogP contribution in [0, 0.1) is 0 Å². The van der Waals surface area contributed by atoms with Gasteiger partial charge in [0, 0.05) is 16.9 Å². The summed E-state index contributed by atoms with van der Waals surface area (Å²) in [6.45, 7) is 1.46.